The van der Waals surface area contributed by atoms with E-state index < -0.39 is 0 Å². The largest absolute Gasteiger partial charge is 0.381 e. The minimum atomic E-state index is 0.624. The van der Waals surface area contributed by atoms with Gasteiger partial charge >= 0.3 is 0 Å². The molecule has 0 spiro atoms. The van der Waals surface area contributed by atoms with Gasteiger partial charge in [0.2, 0.25) is 0 Å². The number of nitrogens with zero attached hydrogens (tertiary/aromatic N) is 1. The highest BCUT2D eigenvalue weighted by Crippen LogP contribution is 2.26. The molecule has 1 atom stereocenters. The fraction of sp³-hybridized carbons (Fsp3) is 0.462. The summed E-state index contributed by atoms with van der Waals surface area (Å²) in [4.78, 5) is 4.42. The van der Waals surface area contributed by atoms with Gasteiger partial charge in [-0.25, -0.2) is 4.98 Å². The zero-order valence-electron chi connectivity index (χ0n) is 9.69. The van der Waals surface area contributed by atoms with Crippen LogP contribution in [0.25, 0.3) is 10.1 Å². The number of hydrogen-bond donors (Lipinski definition) is 1. The van der Waals surface area contributed by atoms with Gasteiger partial charge in [0.25, 0.3) is 0 Å². The first-order valence-corrected chi connectivity index (χ1v) is 6.95. The van der Waals surface area contributed by atoms with Crippen molar-refractivity contribution in [1.29, 1.82) is 0 Å². The highest BCUT2D eigenvalue weighted by molar-refractivity contribution is 7.17. The molecule has 1 unspecified atom stereocenters. The van der Waals surface area contributed by atoms with Crippen LogP contribution in [0.5, 0.6) is 0 Å². The molecule has 90 valence electrons. The summed E-state index contributed by atoms with van der Waals surface area (Å²) < 4.78 is 6.78. The molecule has 0 amide bonds. The van der Waals surface area contributed by atoms with Crippen LogP contribution in [0.4, 0.5) is 5.82 Å². The molecule has 1 fully saturated rings. The fourth-order valence-corrected chi connectivity index (χ4v) is 3.03. The smallest absolute Gasteiger partial charge is 0.134 e. The summed E-state index contributed by atoms with van der Waals surface area (Å²) in [6, 6.07) is 4.20. The molecule has 1 N–H and O–H groups in total. The van der Waals surface area contributed by atoms with Crippen molar-refractivity contribution in [2.24, 2.45) is 5.92 Å². The van der Waals surface area contributed by atoms with E-state index in [2.05, 4.69) is 27.8 Å². The molecule has 3 heterocycles. The summed E-state index contributed by atoms with van der Waals surface area (Å²) in [6.07, 6.45) is 4.31. The molecule has 4 heteroatoms. The Bertz CT molecular complexity index is 491. The van der Waals surface area contributed by atoms with Crippen LogP contribution < -0.4 is 5.32 Å². The van der Waals surface area contributed by atoms with Gasteiger partial charge in [-0.3, -0.25) is 0 Å². The van der Waals surface area contributed by atoms with Gasteiger partial charge in [-0.1, -0.05) is 0 Å². The molecule has 17 heavy (non-hydrogen) atoms. The minimum Gasteiger partial charge on any atom is -0.381 e. The van der Waals surface area contributed by atoms with Crippen molar-refractivity contribution < 1.29 is 4.74 Å². The Labute approximate surface area is 105 Å². The van der Waals surface area contributed by atoms with Crippen molar-refractivity contribution in [3.8, 4) is 0 Å². The molecular weight excluding hydrogens is 232 g/mol. The predicted molar refractivity (Wildman–Crippen MR) is 71.7 cm³/mol. The third kappa shape index (κ3) is 2.42. The monoisotopic (exact) mass is 248 g/mol. The summed E-state index contributed by atoms with van der Waals surface area (Å²) >= 11 is 1.76. The third-order valence-electron chi connectivity index (χ3n) is 3.19. The van der Waals surface area contributed by atoms with Crippen molar-refractivity contribution in [3.05, 3.63) is 23.7 Å². The standard InChI is InChI=1S/C13H16N2OS/c1-2-10(9-16-6-1)8-15-13-11-4-7-17-12(11)3-5-14-13/h3-5,7,10H,1-2,6,8-9H2,(H,14,15). The van der Waals surface area contributed by atoms with Crippen LogP contribution in [0.3, 0.4) is 0 Å². The van der Waals surface area contributed by atoms with E-state index in [1.807, 2.05) is 6.20 Å². The average molecular weight is 248 g/mol. The molecule has 0 radical (unpaired) electrons. The average Bonchev–Trinajstić information content (AvgIpc) is 2.86. The Hall–Kier alpha value is -1.13. The maximum absolute atomic E-state index is 5.48. The van der Waals surface area contributed by atoms with Gasteiger partial charge in [0.15, 0.2) is 0 Å². The molecule has 1 aliphatic heterocycles. The number of aromatic nitrogens is 1. The minimum absolute atomic E-state index is 0.624. The van der Waals surface area contributed by atoms with Gasteiger partial charge in [-0.15, -0.1) is 11.3 Å². The number of rotatable bonds is 3. The SMILES string of the molecule is c1cc2sccc2c(NCC2CCCOC2)n1. The van der Waals surface area contributed by atoms with Crippen LogP contribution >= 0.6 is 11.3 Å². The number of nitrogens with one attached hydrogen (secondary N) is 1. The third-order valence-corrected chi connectivity index (χ3v) is 4.07. The van der Waals surface area contributed by atoms with E-state index in [1.165, 1.54) is 22.9 Å². The van der Waals surface area contributed by atoms with Crippen LogP contribution in [0.2, 0.25) is 0 Å². The Kier molecular flexibility index (Phi) is 3.25. The first-order valence-electron chi connectivity index (χ1n) is 6.07. The second-order valence-corrected chi connectivity index (χ2v) is 5.40. The zero-order valence-corrected chi connectivity index (χ0v) is 10.5. The van der Waals surface area contributed by atoms with Crippen molar-refractivity contribution >= 4 is 27.2 Å². The van der Waals surface area contributed by atoms with Crippen molar-refractivity contribution in [3.63, 3.8) is 0 Å². The van der Waals surface area contributed by atoms with E-state index >= 15 is 0 Å². The van der Waals surface area contributed by atoms with Crippen molar-refractivity contribution in [2.45, 2.75) is 12.8 Å². The normalized spacial score (nSPS) is 20.6. The van der Waals surface area contributed by atoms with Crippen molar-refractivity contribution in [1.82, 2.24) is 4.98 Å². The molecule has 1 saturated heterocycles. The van der Waals surface area contributed by atoms with E-state index in [1.54, 1.807) is 11.3 Å². The Morgan fingerprint density at radius 3 is 3.35 bits per heavy atom. The van der Waals surface area contributed by atoms with E-state index in [4.69, 9.17) is 4.74 Å². The molecule has 0 bridgehead atoms. The molecule has 2 aromatic rings. The quantitative estimate of drug-likeness (QED) is 0.906. The van der Waals surface area contributed by atoms with Crippen LogP contribution in [0.15, 0.2) is 23.7 Å². The maximum Gasteiger partial charge on any atom is 0.134 e. The van der Waals surface area contributed by atoms with Crippen LogP contribution in [-0.2, 0) is 4.74 Å². The number of thiophene rings is 1. The molecule has 0 aliphatic carbocycles. The van der Waals surface area contributed by atoms with Crippen LogP contribution in [-0.4, -0.2) is 24.7 Å². The van der Waals surface area contributed by atoms with Crippen LogP contribution in [0.1, 0.15) is 12.8 Å². The van der Waals surface area contributed by atoms with E-state index in [0.29, 0.717) is 5.92 Å². The topological polar surface area (TPSA) is 34.1 Å². The van der Waals surface area contributed by atoms with Crippen LogP contribution in [0, 0.1) is 5.92 Å². The summed E-state index contributed by atoms with van der Waals surface area (Å²) in [5.74, 6) is 1.63. The Morgan fingerprint density at radius 2 is 2.47 bits per heavy atom. The number of fused-ring (bicyclic) bond motifs is 1. The van der Waals surface area contributed by atoms with Gasteiger partial charge in [-0.05, 0) is 36.3 Å². The Balaban J connectivity index is 1.69. The van der Waals surface area contributed by atoms with Gasteiger partial charge in [0.05, 0.1) is 6.61 Å². The van der Waals surface area contributed by atoms with E-state index in [-0.39, 0.29) is 0 Å². The lowest BCUT2D eigenvalue weighted by Gasteiger charge is -2.22. The maximum atomic E-state index is 5.48. The molecule has 2 aromatic heterocycles. The number of hydrogen-bond acceptors (Lipinski definition) is 4. The molecule has 3 rings (SSSR count). The second kappa shape index (κ2) is 5.02. The summed E-state index contributed by atoms with van der Waals surface area (Å²) in [5, 5.41) is 6.80. The lowest BCUT2D eigenvalue weighted by Crippen LogP contribution is -2.24. The molecule has 1 aliphatic rings. The summed E-state index contributed by atoms with van der Waals surface area (Å²) in [5.41, 5.74) is 0. The number of ether oxygens (including phenoxy) is 1. The second-order valence-electron chi connectivity index (χ2n) is 4.46. The number of pyridine rings is 1. The predicted octanol–water partition coefficient (Wildman–Crippen LogP) is 3.13. The van der Waals surface area contributed by atoms with Gasteiger partial charge in [-0.2, -0.15) is 0 Å². The molecular formula is C13H16N2OS. The van der Waals surface area contributed by atoms with E-state index in [9.17, 15) is 0 Å². The molecule has 3 nitrogen and oxygen atoms in total. The molecule has 0 saturated carbocycles. The number of anilines is 1. The summed E-state index contributed by atoms with van der Waals surface area (Å²) in [6.45, 7) is 2.77. The van der Waals surface area contributed by atoms with E-state index in [0.717, 1.165) is 25.6 Å². The zero-order chi connectivity index (χ0) is 11.5. The van der Waals surface area contributed by atoms with Crippen molar-refractivity contribution in [2.75, 3.05) is 25.1 Å². The van der Waals surface area contributed by atoms with Gasteiger partial charge in [0.1, 0.15) is 5.82 Å². The van der Waals surface area contributed by atoms with Gasteiger partial charge < -0.3 is 10.1 Å². The highest BCUT2D eigenvalue weighted by atomic mass is 32.1. The fourth-order valence-electron chi connectivity index (χ4n) is 2.24. The first kappa shape index (κ1) is 11.0. The summed E-state index contributed by atoms with van der Waals surface area (Å²) in [7, 11) is 0. The van der Waals surface area contributed by atoms with Gasteiger partial charge in [0, 0.05) is 29.4 Å². The first-order chi connectivity index (χ1) is 8.43. The lowest BCUT2D eigenvalue weighted by atomic mass is 10.0. The Morgan fingerprint density at radius 1 is 1.47 bits per heavy atom. The lowest BCUT2D eigenvalue weighted by molar-refractivity contribution is 0.0595. The molecule has 0 aromatic carbocycles. The highest BCUT2D eigenvalue weighted by Gasteiger charge is 2.14.